The van der Waals surface area contributed by atoms with Gasteiger partial charge in [-0.1, -0.05) is 28.1 Å². The second-order valence-electron chi connectivity index (χ2n) is 7.72. The van der Waals surface area contributed by atoms with Gasteiger partial charge in [0, 0.05) is 23.5 Å². The third kappa shape index (κ3) is 3.26. The lowest BCUT2D eigenvalue weighted by Gasteiger charge is -2.31. The number of hydrogen-bond acceptors (Lipinski definition) is 3. The van der Waals surface area contributed by atoms with E-state index in [-0.39, 0.29) is 12.0 Å². The number of carbonyl (C=O) groups excluding carboxylic acids is 1. The summed E-state index contributed by atoms with van der Waals surface area (Å²) in [5.41, 5.74) is -0.391. The molecule has 1 aromatic rings. The molecule has 23 heavy (non-hydrogen) atoms. The van der Waals surface area contributed by atoms with Crippen LogP contribution in [0.2, 0.25) is 0 Å². The SMILES string of the molecule is CC(C)(C)OC(=O)N1CC2CCC(O)(c3ccc(Br)cc3)C2C1. The monoisotopic (exact) mass is 381 g/mol. The number of aliphatic hydroxyl groups is 1. The highest BCUT2D eigenvalue weighted by Gasteiger charge is 2.53. The highest BCUT2D eigenvalue weighted by Crippen LogP contribution is 2.50. The molecule has 1 heterocycles. The summed E-state index contributed by atoms with van der Waals surface area (Å²) in [6.45, 7) is 6.87. The van der Waals surface area contributed by atoms with Gasteiger partial charge in [0.15, 0.2) is 0 Å². The molecule has 0 spiro atoms. The maximum atomic E-state index is 12.3. The molecule has 4 nitrogen and oxygen atoms in total. The van der Waals surface area contributed by atoms with Gasteiger partial charge in [0.1, 0.15) is 5.60 Å². The average Bonchev–Trinajstić information content (AvgIpc) is 3.00. The van der Waals surface area contributed by atoms with Crippen molar-refractivity contribution in [3.8, 4) is 0 Å². The van der Waals surface area contributed by atoms with E-state index < -0.39 is 11.2 Å². The lowest BCUT2D eigenvalue weighted by Crippen LogP contribution is -2.38. The van der Waals surface area contributed by atoms with E-state index in [1.54, 1.807) is 4.90 Å². The van der Waals surface area contributed by atoms with Gasteiger partial charge in [-0.05, 0) is 57.2 Å². The molecular weight excluding hydrogens is 358 g/mol. The van der Waals surface area contributed by atoms with E-state index in [4.69, 9.17) is 4.74 Å². The Morgan fingerprint density at radius 2 is 1.96 bits per heavy atom. The molecule has 0 bridgehead atoms. The van der Waals surface area contributed by atoms with Crippen LogP contribution in [0.25, 0.3) is 0 Å². The van der Waals surface area contributed by atoms with Crippen LogP contribution in [0.15, 0.2) is 28.7 Å². The van der Waals surface area contributed by atoms with Gasteiger partial charge in [-0.15, -0.1) is 0 Å². The molecule has 1 N–H and O–H groups in total. The number of likely N-dealkylation sites (tertiary alicyclic amines) is 1. The van der Waals surface area contributed by atoms with E-state index in [1.165, 1.54) is 0 Å². The normalized spacial score (nSPS) is 30.4. The number of halogens is 1. The zero-order valence-corrected chi connectivity index (χ0v) is 15.5. The Labute approximate surface area is 145 Å². The third-order valence-corrected chi connectivity index (χ3v) is 5.48. The summed E-state index contributed by atoms with van der Waals surface area (Å²) in [5.74, 6) is 0.423. The number of benzene rings is 1. The molecule has 1 aliphatic carbocycles. The van der Waals surface area contributed by atoms with E-state index >= 15 is 0 Å². The van der Waals surface area contributed by atoms with E-state index in [0.29, 0.717) is 19.0 Å². The molecule has 0 radical (unpaired) electrons. The summed E-state index contributed by atoms with van der Waals surface area (Å²) in [6.07, 6.45) is 1.42. The number of amides is 1. The molecule has 1 saturated carbocycles. The predicted octanol–water partition coefficient (Wildman–Crippen LogP) is 3.91. The molecule has 2 aliphatic rings. The molecule has 1 aromatic carbocycles. The summed E-state index contributed by atoms with van der Waals surface area (Å²) in [7, 11) is 0. The van der Waals surface area contributed by atoms with E-state index in [9.17, 15) is 9.90 Å². The number of rotatable bonds is 1. The maximum absolute atomic E-state index is 12.3. The molecule has 1 amide bonds. The first-order valence-corrected chi connectivity index (χ1v) is 8.95. The summed E-state index contributed by atoms with van der Waals surface area (Å²) in [5, 5.41) is 11.3. The maximum Gasteiger partial charge on any atom is 0.410 e. The minimum atomic E-state index is -0.845. The van der Waals surface area contributed by atoms with E-state index in [1.807, 2.05) is 45.0 Å². The quantitative estimate of drug-likeness (QED) is 0.801. The van der Waals surface area contributed by atoms with Gasteiger partial charge >= 0.3 is 6.09 Å². The zero-order valence-electron chi connectivity index (χ0n) is 13.9. The zero-order chi connectivity index (χ0) is 16.8. The molecule has 1 saturated heterocycles. The standard InChI is InChI=1S/C18H24BrNO3/c1-17(2,3)23-16(21)20-10-12-8-9-18(22,15(12)11-20)13-4-6-14(19)7-5-13/h4-7,12,15,22H,8-11H2,1-3H3. The Kier molecular flexibility index (Phi) is 4.21. The Morgan fingerprint density at radius 3 is 2.57 bits per heavy atom. The average molecular weight is 382 g/mol. The minimum absolute atomic E-state index is 0.0798. The fourth-order valence-corrected chi connectivity index (χ4v) is 4.13. The summed E-state index contributed by atoms with van der Waals surface area (Å²) in [6, 6.07) is 7.87. The molecular formula is C18H24BrNO3. The number of ether oxygens (including phenoxy) is 1. The second-order valence-corrected chi connectivity index (χ2v) is 8.64. The summed E-state index contributed by atoms with van der Waals surface area (Å²) < 4.78 is 6.48. The van der Waals surface area contributed by atoms with Gasteiger partial charge in [-0.25, -0.2) is 4.79 Å². The van der Waals surface area contributed by atoms with Crippen molar-refractivity contribution in [1.82, 2.24) is 4.90 Å². The van der Waals surface area contributed by atoms with Crippen molar-refractivity contribution in [2.45, 2.75) is 44.8 Å². The van der Waals surface area contributed by atoms with Crippen LogP contribution in [0.3, 0.4) is 0 Å². The first-order valence-electron chi connectivity index (χ1n) is 8.15. The largest absolute Gasteiger partial charge is 0.444 e. The summed E-state index contributed by atoms with van der Waals surface area (Å²) >= 11 is 3.43. The fourth-order valence-electron chi connectivity index (χ4n) is 3.87. The van der Waals surface area contributed by atoms with Crippen molar-refractivity contribution < 1.29 is 14.6 Å². The van der Waals surface area contributed by atoms with E-state index in [2.05, 4.69) is 15.9 Å². The van der Waals surface area contributed by atoms with Crippen molar-refractivity contribution >= 4 is 22.0 Å². The van der Waals surface area contributed by atoms with Crippen LogP contribution >= 0.6 is 15.9 Å². The molecule has 2 fully saturated rings. The minimum Gasteiger partial charge on any atom is -0.444 e. The lowest BCUT2D eigenvalue weighted by atomic mass is 9.82. The molecule has 0 aromatic heterocycles. The molecule has 3 atom stereocenters. The summed E-state index contributed by atoms with van der Waals surface area (Å²) in [4.78, 5) is 14.1. The second kappa shape index (κ2) is 5.78. The first kappa shape index (κ1) is 16.8. The smallest absolute Gasteiger partial charge is 0.410 e. The Balaban J connectivity index is 1.76. The number of carbonyl (C=O) groups is 1. The van der Waals surface area contributed by atoms with Crippen molar-refractivity contribution in [3.05, 3.63) is 34.3 Å². The Hall–Kier alpha value is -1.07. The Morgan fingerprint density at radius 1 is 1.30 bits per heavy atom. The first-order chi connectivity index (χ1) is 10.7. The predicted molar refractivity (Wildman–Crippen MR) is 92.1 cm³/mol. The van der Waals surface area contributed by atoms with E-state index in [0.717, 1.165) is 22.9 Å². The van der Waals surface area contributed by atoms with Gasteiger partial charge in [-0.3, -0.25) is 0 Å². The van der Waals surface area contributed by atoms with Gasteiger partial charge in [0.2, 0.25) is 0 Å². The third-order valence-electron chi connectivity index (χ3n) is 4.95. The van der Waals surface area contributed by atoms with Crippen LogP contribution in [0, 0.1) is 11.8 Å². The Bertz CT molecular complexity index is 595. The van der Waals surface area contributed by atoms with Gasteiger partial charge in [0.25, 0.3) is 0 Å². The van der Waals surface area contributed by atoms with Crippen molar-refractivity contribution in [3.63, 3.8) is 0 Å². The van der Waals surface area contributed by atoms with Gasteiger partial charge in [-0.2, -0.15) is 0 Å². The van der Waals surface area contributed by atoms with Crippen LogP contribution in [0.4, 0.5) is 4.79 Å². The van der Waals surface area contributed by atoms with Crippen molar-refractivity contribution in [2.24, 2.45) is 11.8 Å². The van der Waals surface area contributed by atoms with Gasteiger partial charge < -0.3 is 14.7 Å². The number of nitrogens with zero attached hydrogens (tertiary/aromatic N) is 1. The molecule has 5 heteroatoms. The topological polar surface area (TPSA) is 49.8 Å². The lowest BCUT2D eigenvalue weighted by molar-refractivity contribution is -0.0102. The van der Waals surface area contributed by atoms with Gasteiger partial charge in [0.05, 0.1) is 5.60 Å². The van der Waals surface area contributed by atoms with Crippen LogP contribution in [0.1, 0.15) is 39.2 Å². The van der Waals surface area contributed by atoms with Crippen LogP contribution in [-0.2, 0) is 10.3 Å². The van der Waals surface area contributed by atoms with Crippen molar-refractivity contribution in [2.75, 3.05) is 13.1 Å². The molecule has 126 valence electrons. The highest BCUT2D eigenvalue weighted by atomic mass is 79.9. The van der Waals surface area contributed by atoms with Crippen LogP contribution < -0.4 is 0 Å². The molecule has 3 unspecified atom stereocenters. The molecule has 3 rings (SSSR count). The number of hydrogen-bond donors (Lipinski definition) is 1. The van der Waals surface area contributed by atoms with Crippen LogP contribution in [-0.4, -0.2) is 34.8 Å². The van der Waals surface area contributed by atoms with Crippen molar-refractivity contribution in [1.29, 1.82) is 0 Å². The highest BCUT2D eigenvalue weighted by molar-refractivity contribution is 9.10. The number of fused-ring (bicyclic) bond motifs is 1. The van der Waals surface area contributed by atoms with Crippen LogP contribution in [0.5, 0.6) is 0 Å². The fraction of sp³-hybridized carbons (Fsp3) is 0.611. The molecule has 1 aliphatic heterocycles.